The normalized spacial score (nSPS) is 27.7. The van der Waals surface area contributed by atoms with Gasteiger partial charge in [-0.25, -0.2) is 0 Å². The molecule has 4 rings (SSSR count). The molecule has 0 aliphatic carbocycles. The summed E-state index contributed by atoms with van der Waals surface area (Å²) in [5, 5.41) is 44.1. The molecule has 1 aromatic heterocycles. The molecule has 5 atom stereocenters. The fourth-order valence-electron chi connectivity index (χ4n) is 3.81. The first-order valence-corrected chi connectivity index (χ1v) is 9.58. The maximum absolute atomic E-state index is 10.6. The molecule has 4 N–H and O–H groups in total. The van der Waals surface area contributed by atoms with E-state index in [0.29, 0.717) is 11.4 Å². The third kappa shape index (κ3) is 3.63. The topological polar surface area (TPSA) is 107 Å². The number of hydrogen-bond donors (Lipinski definition) is 4. The van der Waals surface area contributed by atoms with Crippen molar-refractivity contribution in [2.45, 2.75) is 37.1 Å². The molecule has 0 spiro atoms. The predicted octanol–water partition coefficient (Wildman–Crippen LogP) is 2.33. The van der Waals surface area contributed by atoms with E-state index in [9.17, 15) is 15.3 Å². The fraction of sp³-hybridized carbons (Fsp3) is 0.286. The highest BCUT2D eigenvalue weighted by molar-refractivity contribution is 6.35. The Kier molecular flexibility index (Phi) is 5.58. The van der Waals surface area contributed by atoms with Gasteiger partial charge in [-0.3, -0.25) is 0 Å². The van der Waals surface area contributed by atoms with Crippen molar-refractivity contribution in [1.82, 2.24) is 4.57 Å². The third-order valence-electron chi connectivity index (χ3n) is 5.24. The zero-order valence-corrected chi connectivity index (χ0v) is 16.1. The Hall–Kier alpha value is -2.42. The number of ether oxygens (including phenoxy) is 1. The molecule has 1 aliphatic heterocycles. The zero-order valence-electron chi connectivity index (χ0n) is 15.3. The number of fused-ring (bicyclic) bond motifs is 1. The monoisotopic (exact) mass is 416 g/mol. The van der Waals surface area contributed by atoms with Crippen LogP contribution >= 0.6 is 11.6 Å². The van der Waals surface area contributed by atoms with Gasteiger partial charge in [0.2, 0.25) is 0 Å². The third-order valence-corrected chi connectivity index (χ3v) is 5.55. The van der Waals surface area contributed by atoms with E-state index in [2.05, 4.69) is 5.16 Å². The maximum Gasteiger partial charge on any atom is 0.163 e. The van der Waals surface area contributed by atoms with E-state index < -0.39 is 30.6 Å². The van der Waals surface area contributed by atoms with E-state index in [-0.39, 0.29) is 0 Å². The summed E-state index contributed by atoms with van der Waals surface area (Å²) in [5.74, 6) is 0. The molecule has 0 bridgehead atoms. The van der Waals surface area contributed by atoms with Crippen LogP contribution in [0.1, 0.15) is 17.4 Å². The Bertz CT molecular complexity index is 1020. The second-order valence-corrected chi connectivity index (χ2v) is 7.49. The van der Waals surface area contributed by atoms with Crippen LogP contribution in [0.2, 0.25) is 5.02 Å². The molecule has 7 nitrogen and oxygen atoms in total. The van der Waals surface area contributed by atoms with E-state index >= 15 is 0 Å². The van der Waals surface area contributed by atoms with Crippen LogP contribution in [0.25, 0.3) is 10.9 Å². The number of halogens is 1. The number of aliphatic hydroxyl groups excluding tert-OH is 3. The lowest BCUT2D eigenvalue weighted by molar-refractivity contribution is -0.225. The van der Waals surface area contributed by atoms with Gasteiger partial charge in [0.05, 0.1) is 16.8 Å². The summed E-state index contributed by atoms with van der Waals surface area (Å²) in [4.78, 5) is 0. The lowest BCUT2D eigenvalue weighted by Crippen LogP contribution is -2.55. The molecule has 1 saturated heterocycles. The van der Waals surface area contributed by atoms with Gasteiger partial charge in [-0.05, 0) is 29.7 Å². The minimum absolute atomic E-state index is 0.562. The summed E-state index contributed by atoms with van der Waals surface area (Å²) in [7, 11) is 0. The van der Waals surface area contributed by atoms with Crippen LogP contribution in [-0.2, 0) is 11.2 Å². The lowest BCUT2D eigenvalue weighted by atomic mass is 9.98. The number of hydrogen-bond acceptors (Lipinski definition) is 6. The minimum atomic E-state index is -1.48. The largest absolute Gasteiger partial charge is 0.411 e. The Morgan fingerprint density at radius 2 is 1.76 bits per heavy atom. The van der Waals surface area contributed by atoms with Gasteiger partial charge in [-0.2, -0.15) is 0 Å². The van der Waals surface area contributed by atoms with Gasteiger partial charge in [-0.1, -0.05) is 53.2 Å². The number of rotatable bonds is 4. The highest BCUT2D eigenvalue weighted by Gasteiger charge is 2.44. The number of benzene rings is 2. The van der Waals surface area contributed by atoms with Crippen LogP contribution in [0.15, 0.2) is 59.9 Å². The lowest BCUT2D eigenvalue weighted by Gasteiger charge is -2.39. The van der Waals surface area contributed by atoms with Gasteiger partial charge in [-0.15, -0.1) is 0 Å². The highest BCUT2D eigenvalue weighted by atomic mass is 35.5. The van der Waals surface area contributed by atoms with Crippen LogP contribution in [0.5, 0.6) is 0 Å². The standard InChI is InChI=1S/C21H21ClN2O5/c22-14-7-4-8-15-17(14)13(9-12-5-2-1-3-6-12)11-24(15)21-20(27)19(26)18(25)16(29-21)10-23-28/h1-8,10-11,16,18-21,25-28H,9H2/t16-,18-,19+,20-,21-/m1/s1. The molecule has 8 heteroatoms. The first kappa shape index (κ1) is 19.9. The summed E-state index contributed by atoms with van der Waals surface area (Å²) < 4.78 is 7.46. The summed E-state index contributed by atoms with van der Waals surface area (Å²) in [6.07, 6.45) is -2.97. The Morgan fingerprint density at radius 1 is 1.00 bits per heavy atom. The van der Waals surface area contributed by atoms with Crippen molar-refractivity contribution in [3.63, 3.8) is 0 Å². The van der Waals surface area contributed by atoms with Crippen molar-refractivity contribution in [2.75, 3.05) is 0 Å². The Balaban J connectivity index is 1.80. The first-order chi connectivity index (χ1) is 14.0. The smallest absolute Gasteiger partial charge is 0.163 e. The molecule has 1 aliphatic rings. The Labute approximate surface area is 172 Å². The van der Waals surface area contributed by atoms with E-state index in [4.69, 9.17) is 21.5 Å². The van der Waals surface area contributed by atoms with Crippen molar-refractivity contribution >= 4 is 28.7 Å². The zero-order chi connectivity index (χ0) is 20.5. The first-order valence-electron chi connectivity index (χ1n) is 9.20. The number of oxime groups is 1. The van der Waals surface area contributed by atoms with Gasteiger partial charge in [0.15, 0.2) is 6.23 Å². The van der Waals surface area contributed by atoms with E-state index in [1.54, 1.807) is 16.7 Å². The van der Waals surface area contributed by atoms with Crippen LogP contribution in [0.3, 0.4) is 0 Å². The summed E-state index contributed by atoms with van der Waals surface area (Å²) in [6.45, 7) is 0. The average molecular weight is 417 g/mol. The molecule has 2 heterocycles. The van der Waals surface area contributed by atoms with Gasteiger partial charge in [0.25, 0.3) is 0 Å². The van der Waals surface area contributed by atoms with Crippen LogP contribution in [0.4, 0.5) is 0 Å². The van der Waals surface area contributed by atoms with Crippen molar-refractivity contribution < 1.29 is 25.3 Å². The molecule has 152 valence electrons. The number of aromatic nitrogens is 1. The Morgan fingerprint density at radius 3 is 2.48 bits per heavy atom. The van der Waals surface area contributed by atoms with Crippen molar-refractivity contribution in [1.29, 1.82) is 0 Å². The van der Waals surface area contributed by atoms with Crippen molar-refractivity contribution in [2.24, 2.45) is 5.16 Å². The maximum atomic E-state index is 10.6. The number of aliphatic hydroxyl groups is 3. The molecule has 0 unspecified atom stereocenters. The van der Waals surface area contributed by atoms with Crippen LogP contribution in [0, 0.1) is 0 Å². The molecular formula is C21H21ClN2O5. The van der Waals surface area contributed by atoms with Gasteiger partial charge >= 0.3 is 0 Å². The van der Waals surface area contributed by atoms with E-state index in [1.165, 1.54) is 0 Å². The van der Waals surface area contributed by atoms with Crippen molar-refractivity contribution in [3.05, 3.63) is 70.9 Å². The van der Waals surface area contributed by atoms with Crippen LogP contribution in [-0.4, -0.2) is 55.7 Å². The van der Waals surface area contributed by atoms with Crippen molar-refractivity contribution in [3.8, 4) is 0 Å². The molecule has 29 heavy (non-hydrogen) atoms. The summed E-state index contributed by atoms with van der Waals surface area (Å²) in [6, 6.07) is 15.3. The quantitative estimate of drug-likeness (QED) is 0.296. The molecular weight excluding hydrogens is 396 g/mol. The van der Waals surface area contributed by atoms with Gasteiger partial charge < -0.3 is 29.8 Å². The summed E-state index contributed by atoms with van der Waals surface area (Å²) >= 11 is 6.49. The molecule has 0 saturated carbocycles. The molecule has 2 aromatic carbocycles. The predicted molar refractivity (Wildman–Crippen MR) is 108 cm³/mol. The van der Waals surface area contributed by atoms with Gasteiger partial charge in [0.1, 0.15) is 24.4 Å². The number of nitrogens with zero attached hydrogens (tertiary/aromatic N) is 2. The van der Waals surface area contributed by atoms with E-state index in [1.807, 2.05) is 42.6 Å². The molecule has 3 aromatic rings. The SMILES string of the molecule is ON=C[C@H]1O[C@@H](n2cc(Cc3ccccc3)c3c(Cl)cccc32)[C@H](O)[C@@H](O)[C@@H]1O. The van der Waals surface area contributed by atoms with Gasteiger partial charge in [0, 0.05) is 11.6 Å². The average Bonchev–Trinajstić information content (AvgIpc) is 3.09. The second-order valence-electron chi connectivity index (χ2n) is 7.09. The highest BCUT2D eigenvalue weighted by Crippen LogP contribution is 2.36. The summed E-state index contributed by atoms with van der Waals surface area (Å²) in [5.41, 5.74) is 2.74. The fourth-order valence-corrected chi connectivity index (χ4v) is 4.11. The second kappa shape index (κ2) is 8.14. The van der Waals surface area contributed by atoms with E-state index in [0.717, 1.165) is 28.2 Å². The van der Waals surface area contributed by atoms with Crippen LogP contribution < -0.4 is 0 Å². The molecule has 0 radical (unpaired) electrons. The molecule has 1 fully saturated rings. The molecule has 0 amide bonds. The minimum Gasteiger partial charge on any atom is -0.411 e.